The zero-order chi connectivity index (χ0) is 23.0. The van der Waals surface area contributed by atoms with Gasteiger partial charge in [-0.05, 0) is 74.2 Å². The minimum atomic E-state index is -0.744. The highest BCUT2D eigenvalue weighted by molar-refractivity contribution is 6.39. The second-order valence-corrected chi connectivity index (χ2v) is 7.93. The number of urea groups is 1. The number of aromatic nitrogens is 1. The Morgan fingerprint density at radius 3 is 2.28 bits per heavy atom. The zero-order valence-electron chi connectivity index (χ0n) is 18.6. The molecule has 6 nitrogen and oxygen atoms in total. The van der Waals surface area contributed by atoms with E-state index in [-0.39, 0.29) is 5.57 Å². The van der Waals surface area contributed by atoms with E-state index >= 15 is 0 Å². The second kappa shape index (κ2) is 8.30. The van der Waals surface area contributed by atoms with Gasteiger partial charge in [0.1, 0.15) is 5.57 Å². The van der Waals surface area contributed by atoms with Crippen molar-refractivity contribution in [1.82, 2.24) is 9.88 Å². The lowest BCUT2D eigenvalue weighted by molar-refractivity contribution is -0.122. The van der Waals surface area contributed by atoms with Gasteiger partial charge in [-0.15, -0.1) is 0 Å². The highest BCUT2D eigenvalue weighted by Crippen LogP contribution is 2.27. The number of barbiturate groups is 1. The molecule has 0 bridgehead atoms. The quantitative estimate of drug-likeness (QED) is 0.487. The van der Waals surface area contributed by atoms with E-state index in [2.05, 4.69) is 9.88 Å². The maximum Gasteiger partial charge on any atom is 0.335 e. The van der Waals surface area contributed by atoms with Crippen LogP contribution in [0.15, 0.2) is 60.2 Å². The number of imide groups is 2. The van der Waals surface area contributed by atoms with Crippen molar-refractivity contribution >= 4 is 29.6 Å². The van der Waals surface area contributed by atoms with Gasteiger partial charge < -0.3 is 4.57 Å². The molecule has 0 atom stereocenters. The maximum atomic E-state index is 13.2. The van der Waals surface area contributed by atoms with E-state index in [0.717, 1.165) is 45.1 Å². The molecule has 0 aliphatic carbocycles. The van der Waals surface area contributed by atoms with Crippen LogP contribution in [0.2, 0.25) is 0 Å². The molecule has 4 amide bonds. The highest BCUT2D eigenvalue weighted by Gasteiger charge is 2.37. The summed E-state index contributed by atoms with van der Waals surface area (Å²) in [6.45, 7) is 8.00. The van der Waals surface area contributed by atoms with Crippen molar-refractivity contribution in [2.45, 2.75) is 34.1 Å². The predicted molar refractivity (Wildman–Crippen MR) is 125 cm³/mol. The SMILES string of the molecule is CCc1ccc(N2C(=O)NC(=O)C(=Cc3cc(C)n(-c4ccccc4C)c3C)C2=O)cc1. The molecule has 1 saturated heterocycles. The molecule has 1 aliphatic heterocycles. The van der Waals surface area contributed by atoms with Crippen LogP contribution in [0.5, 0.6) is 0 Å². The van der Waals surface area contributed by atoms with Crippen LogP contribution in [0, 0.1) is 20.8 Å². The van der Waals surface area contributed by atoms with Crippen molar-refractivity contribution in [1.29, 1.82) is 0 Å². The molecule has 1 aromatic heterocycles. The standard InChI is InChI=1S/C26H25N3O3/c1-5-19-10-12-21(13-11-19)29-25(31)22(24(30)27-26(29)32)15-20-14-17(3)28(18(20)4)23-9-7-6-8-16(23)2/h6-15H,5H2,1-4H3,(H,27,30,32). The van der Waals surface area contributed by atoms with Crippen molar-refractivity contribution in [3.63, 3.8) is 0 Å². The van der Waals surface area contributed by atoms with Crippen molar-refractivity contribution < 1.29 is 14.4 Å². The third-order valence-corrected chi connectivity index (χ3v) is 5.83. The Kier molecular flexibility index (Phi) is 5.53. The summed E-state index contributed by atoms with van der Waals surface area (Å²) in [6, 6.07) is 16.4. The van der Waals surface area contributed by atoms with Crippen LogP contribution in [-0.4, -0.2) is 22.4 Å². The van der Waals surface area contributed by atoms with Crippen molar-refractivity contribution in [2.75, 3.05) is 4.90 Å². The summed E-state index contributed by atoms with van der Waals surface area (Å²) in [5, 5.41) is 2.29. The van der Waals surface area contributed by atoms with Crippen LogP contribution in [-0.2, 0) is 16.0 Å². The number of carbonyl (C=O) groups is 3. The lowest BCUT2D eigenvalue weighted by Gasteiger charge is -2.26. The number of nitrogens with zero attached hydrogens (tertiary/aromatic N) is 2. The van der Waals surface area contributed by atoms with Crippen molar-refractivity contribution in [3.8, 4) is 5.69 Å². The van der Waals surface area contributed by atoms with Gasteiger partial charge in [0.05, 0.1) is 5.69 Å². The Labute approximate surface area is 187 Å². The van der Waals surface area contributed by atoms with Gasteiger partial charge in [0.2, 0.25) is 0 Å². The Bertz CT molecular complexity index is 1270. The largest absolute Gasteiger partial charge is 0.335 e. The molecule has 3 aromatic rings. The van der Waals surface area contributed by atoms with E-state index in [4.69, 9.17) is 0 Å². The average Bonchev–Trinajstić information content (AvgIpc) is 3.04. The monoisotopic (exact) mass is 427 g/mol. The fraction of sp³-hybridized carbons (Fsp3) is 0.192. The molecule has 0 radical (unpaired) electrons. The van der Waals surface area contributed by atoms with Gasteiger partial charge in [0, 0.05) is 17.1 Å². The Balaban J connectivity index is 1.75. The maximum absolute atomic E-state index is 13.2. The number of hydrogen-bond acceptors (Lipinski definition) is 3. The van der Waals surface area contributed by atoms with Crippen LogP contribution >= 0.6 is 0 Å². The lowest BCUT2D eigenvalue weighted by Crippen LogP contribution is -2.54. The molecule has 4 rings (SSSR count). The molecule has 1 fully saturated rings. The van der Waals surface area contributed by atoms with E-state index in [1.54, 1.807) is 18.2 Å². The topological polar surface area (TPSA) is 71.4 Å². The minimum absolute atomic E-state index is 0.0748. The number of amides is 4. The van der Waals surface area contributed by atoms with E-state index in [1.807, 2.05) is 70.2 Å². The molecule has 6 heteroatoms. The molecule has 0 saturated carbocycles. The number of nitrogens with one attached hydrogen (secondary N) is 1. The van der Waals surface area contributed by atoms with Crippen molar-refractivity contribution in [3.05, 3.63) is 88.2 Å². The number of benzene rings is 2. The summed E-state index contributed by atoms with van der Waals surface area (Å²) in [6.07, 6.45) is 2.41. The van der Waals surface area contributed by atoms with Gasteiger partial charge in [-0.3, -0.25) is 14.9 Å². The first-order valence-electron chi connectivity index (χ1n) is 10.6. The van der Waals surface area contributed by atoms with Gasteiger partial charge in [-0.2, -0.15) is 0 Å². The van der Waals surface area contributed by atoms with Gasteiger partial charge in [0.25, 0.3) is 11.8 Å². The normalized spacial score (nSPS) is 15.4. The third-order valence-electron chi connectivity index (χ3n) is 5.83. The van der Waals surface area contributed by atoms with Crippen LogP contribution in [0.1, 0.15) is 35.0 Å². The molecular weight excluding hydrogens is 402 g/mol. The van der Waals surface area contributed by atoms with Crippen molar-refractivity contribution in [2.24, 2.45) is 0 Å². The summed E-state index contributed by atoms with van der Waals surface area (Å²) in [5.74, 6) is -1.33. The molecule has 0 unspecified atom stereocenters. The second-order valence-electron chi connectivity index (χ2n) is 7.93. The number of hydrogen-bond donors (Lipinski definition) is 1. The summed E-state index contributed by atoms with van der Waals surface area (Å²) in [5.41, 5.74) is 6.24. The van der Waals surface area contributed by atoms with Gasteiger partial charge in [-0.1, -0.05) is 37.3 Å². The van der Waals surface area contributed by atoms with Crippen LogP contribution in [0.4, 0.5) is 10.5 Å². The fourth-order valence-corrected chi connectivity index (χ4v) is 4.05. The summed E-state index contributed by atoms with van der Waals surface area (Å²) < 4.78 is 2.10. The average molecular weight is 428 g/mol. The third kappa shape index (κ3) is 3.64. The predicted octanol–water partition coefficient (Wildman–Crippen LogP) is 4.63. The first-order valence-corrected chi connectivity index (χ1v) is 10.6. The lowest BCUT2D eigenvalue weighted by atomic mass is 10.1. The van der Waals surface area contributed by atoms with Gasteiger partial charge in [-0.25, -0.2) is 9.69 Å². The first-order chi connectivity index (χ1) is 15.3. The Morgan fingerprint density at radius 1 is 0.938 bits per heavy atom. The smallest absolute Gasteiger partial charge is 0.318 e. The van der Waals surface area contributed by atoms with E-state index in [9.17, 15) is 14.4 Å². The first kappa shape index (κ1) is 21.3. The van der Waals surface area contributed by atoms with Crippen LogP contribution in [0.3, 0.4) is 0 Å². The Morgan fingerprint density at radius 2 is 1.62 bits per heavy atom. The Hall–Kier alpha value is -3.93. The molecule has 32 heavy (non-hydrogen) atoms. The highest BCUT2D eigenvalue weighted by atomic mass is 16.2. The molecule has 2 aromatic carbocycles. The fourth-order valence-electron chi connectivity index (χ4n) is 4.05. The summed E-state index contributed by atoms with van der Waals surface area (Å²) >= 11 is 0. The van der Waals surface area contributed by atoms with E-state index in [1.165, 1.54) is 0 Å². The minimum Gasteiger partial charge on any atom is -0.318 e. The molecule has 1 N–H and O–H groups in total. The number of rotatable bonds is 4. The van der Waals surface area contributed by atoms with Crippen LogP contribution in [0.25, 0.3) is 11.8 Å². The molecular formula is C26H25N3O3. The van der Waals surface area contributed by atoms with E-state index < -0.39 is 17.8 Å². The molecule has 0 spiro atoms. The van der Waals surface area contributed by atoms with Gasteiger partial charge in [0.15, 0.2) is 0 Å². The number of para-hydroxylation sites is 1. The zero-order valence-corrected chi connectivity index (χ0v) is 18.6. The van der Waals surface area contributed by atoms with Gasteiger partial charge >= 0.3 is 6.03 Å². The molecule has 162 valence electrons. The van der Waals surface area contributed by atoms with Crippen LogP contribution < -0.4 is 10.2 Å². The number of aryl methyl sites for hydroxylation is 3. The summed E-state index contributed by atoms with van der Waals surface area (Å²) in [7, 11) is 0. The number of carbonyl (C=O) groups excluding carboxylic acids is 3. The molecule has 1 aliphatic rings. The summed E-state index contributed by atoms with van der Waals surface area (Å²) in [4.78, 5) is 39.2. The van der Waals surface area contributed by atoms with E-state index in [0.29, 0.717) is 5.69 Å². The number of anilines is 1. The molecule has 2 heterocycles.